The minimum atomic E-state index is -1.04. The highest BCUT2D eigenvalue weighted by molar-refractivity contribution is 5.86. The predicted molar refractivity (Wildman–Crippen MR) is 83.8 cm³/mol. The van der Waals surface area contributed by atoms with Crippen molar-refractivity contribution in [3.63, 3.8) is 0 Å². The third-order valence-electron chi connectivity index (χ3n) is 3.72. The third kappa shape index (κ3) is 3.70. The Hall–Kier alpha value is -3.25. The Morgan fingerprint density at radius 1 is 1.23 bits per heavy atom. The van der Waals surface area contributed by atoms with E-state index in [1.807, 2.05) is 4.98 Å². The fraction of sp³-hybridized carbons (Fsp3) is 0.357. The van der Waals surface area contributed by atoms with E-state index in [9.17, 15) is 29.1 Å². The Labute approximate surface area is 143 Å². The van der Waals surface area contributed by atoms with Crippen molar-refractivity contribution in [1.82, 2.24) is 19.5 Å². The van der Waals surface area contributed by atoms with E-state index in [1.54, 1.807) is 0 Å². The molecule has 0 spiro atoms. The van der Waals surface area contributed by atoms with Crippen LogP contribution in [0.1, 0.15) is 23.1 Å². The molecule has 1 fully saturated rings. The molecule has 0 aliphatic carbocycles. The fourth-order valence-electron chi connectivity index (χ4n) is 2.50. The first-order valence-electron chi connectivity index (χ1n) is 7.49. The number of nitrogens with zero attached hydrogens (tertiary/aromatic N) is 1. The van der Waals surface area contributed by atoms with Gasteiger partial charge in [0.15, 0.2) is 0 Å². The molecule has 2 aromatic heterocycles. The number of hydrogen-bond acceptors (Lipinski definition) is 8. The van der Waals surface area contributed by atoms with E-state index >= 15 is 0 Å². The highest BCUT2D eigenvalue weighted by atomic mass is 16.6. The molecule has 2 aromatic rings. The van der Waals surface area contributed by atoms with Crippen molar-refractivity contribution < 1.29 is 19.4 Å². The van der Waals surface area contributed by atoms with Crippen molar-refractivity contribution in [2.45, 2.75) is 24.9 Å². The van der Waals surface area contributed by atoms with Gasteiger partial charge < -0.3 is 19.6 Å². The number of H-pyrrole nitrogens is 3. The number of aromatic nitrogens is 4. The lowest BCUT2D eigenvalue weighted by molar-refractivity contribution is -0.0533. The number of carbonyl (C=O) groups is 1. The molecule has 4 N–H and O–H groups in total. The lowest BCUT2D eigenvalue weighted by Gasteiger charge is -2.15. The molecule has 3 heterocycles. The molecule has 0 saturated carbocycles. The van der Waals surface area contributed by atoms with Gasteiger partial charge in [-0.15, -0.1) is 0 Å². The third-order valence-corrected chi connectivity index (χ3v) is 3.72. The summed E-state index contributed by atoms with van der Waals surface area (Å²) in [4.78, 5) is 63.1. The summed E-state index contributed by atoms with van der Waals surface area (Å²) in [5.41, 5.74) is -3.25. The maximum atomic E-state index is 11.9. The molecule has 1 aliphatic rings. The van der Waals surface area contributed by atoms with Gasteiger partial charge in [-0.2, -0.15) is 0 Å². The van der Waals surface area contributed by atoms with Gasteiger partial charge >= 0.3 is 17.3 Å². The molecule has 0 amide bonds. The summed E-state index contributed by atoms with van der Waals surface area (Å²) in [7, 11) is 0. The molecule has 138 valence electrons. The number of carbonyl (C=O) groups excluding carboxylic acids is 1. The first kappa shape index (κ1) is 17.6. The molecule has 3 rings (SSSR count). The van der Waals surface area contributed by atoms with Crippen LogP contribution in [0.25, 0.3) is 0 Å². The summed E-state index contributed by atoms with van der Waals surface area (Å²) < 4.78 is 11.5. The summed E-state index contributed by atoms with van der Waals surface area (Å²) in [6.45, 7) is -0.372. The second kappa shape index (κ2) is 6.93. The van der Waals surface area contributed by atoms with Crippen LogP contribution in [0.15, 0.2) is 37.5 Å². The van der Waals surface area contributed by atoms with Gasteiger partial charge in [0.05, 0.1) is 6.10 Å². The monoisotopic (exact) mass is 366 g/mol. The number of aromatic amines is 3. The summed E-state index contributed by atoms with van der Waals surface area (Å²) in [6, 6.07) is 1.99. The highest BCUT2D eigenvalue weighted by Gasteiger charge is 2.36. The van der Waals surface area contributed by atoms with Crippen LogP contribution < -0.4 is 22.5 Å². The standard InChI is InChI=1S/C14H14N4O8/c19-7-4-11(18-2-1-9(20)17-14(18)24)26-8(7)5-25-12(22)6-3-10(21)16-13(23)15-6/h1-3,7-8,11,19H,4-5H2,(H,17,20,24)(H2,15,16,21,23)/t7-,8+,11+/m0/s1. The number of ether oxygens (including phenoxy) is 2. The van der Waals surface area contributed by atoms with E-state index in [-0.39, 0.29) is 18.7 Å². The molecule has 0 aromatic carbocycles. The van der Waals surface area contributed by atoms with E-state index in [2.05, 4.69) is 9.97 Å². The lowest BCUT2D eigenvalue weighted by atomic mass is 10.2. The van der Waals surface area contributed by atoms with Crippen molar-refractivity contribution in [2.24, 2.45) is 0 Å². The van der Waals surface area contributed by atoms with Gasteiger partial charge in [-0.05, 0) is 0 Å². The Morgan fingerprint density at radius 3 is 2.69 bits per heavy atom. The van der Waals surface area contributed by atoms with Crippen LogP contribution in [-0.4, -0.2) is 49.4 Å². The van der Waals surface area contributed by atoms with Crippen LogP contribution >= 0.6 is 0 Å². The average Bonchev–Trinajstić information content (AvgIpc) is 2.92. The number of rotatable bonds is 4. The largest absolute Gasteiger partial charge is 0.458 e. The molecule has 12 heteroatoms. The molecule has 1 saturated heterocycles. The molecule has 0 unspecified atom stereocenters. The Morgan fingerprint density at radius 2 is 2.00 bits per heavy atom. The van der Waals surface area contributed by atoms with Crippen LogP contribution in [0, 0.1) is 0 Å². The van der Waals surface area contributed by atoms with Crippen molar-refractivity contribution in [3.8, 4) is 0 Å². The van der Waals surface area contributed by atoms with Crippen molar-refractivity contribution in [2.75, 3.05) is 6.61 Å². The van der Waals surface area contributed by atoms with Gasteiger partial charge in [-0.1, -0.05) is 0 Å². The second-order valence-electron chi connectivity index (χ2n) is 5.55. The minimum absolute atomic E-state index is 0.0377. The van der Waals surface area contributed by atoms with E-state index < -0.39 is 46.9 Å². The summed E-state index contributed by atoms with van der Waals surface area (Å²) in [5, 5.41) is 10.0. The Kier molecular flexibility index (Phi) is 4.69. The number of aliphatic hydroxyl groups excluding tert-OH is 1. The van der Waals surface area contributed by atoms with Gasteiger partial charge in [-0.3, -0.25) is 24.1 Å². The quantitative estimate of drug-likeness (QED) is 0.426. The summed E-state index contributed by atoms with van der Waals surface area (Å²) >= 11 is 0. The number of nitrogens with one attached hydrogen (secondary N) is 3. The second-order valence-corrected chi connectivity index (χ2v) is 5.55. The normalized spacial score (nSPS) is 22.3. The zero-order chi connectivity index (χ0) is 18.8. The molecule has 0 bridgehead atoms. The van der Waals surface area contributed by atoms with Gasteiger partial charge in [0.2, 0.25) is 0 Å². The molecular formula is C14H14N4O8. The van der Waals surface area contributed by atoms with Gasteiger partial charge in [0.1, 0.15) is 24.6 Å². The first-order chi connectivity index (χ1) is 12.3. The maximum Gasteiger partial charge on any atom is 0.355 e. The van der Waals surface area contributed by atoms with Crippen LogP contribution in [0.2, 0.25) is 0 Å². The molecule has 26 heavy (non-hydrogen) atoms. The smallest absolute Gasteiger partial charge is 0.355 e. The van der Waals surface area contributed by atoms with Crippen LogP contribution in [-0.2, 0) is 9.47 Å². The maximum absolute atomic E-state index is 11.9. The van der Waals surface area contributed by atoms with E-state index in [0.717, 1.165) is 16.7 Å². The lowest BCUT2D eigenvalue weighted by Crippen LogP contribution is -2.32. The SMILES string of the molecule is O=C(OC[C@H]1O[C@@H](n2ccc(=O)[nH]c2=O)C[C@@H]1O)c1cc(=O)[nH]c(=O)[nH]1. The van der Waals surface area contributed by atoms with E-state index in [4.69, 9.17) is 9.47 Å². The van der Waals surface area contributed by atoms with Crippen molar-refractivity contribution in [1.29, 1.82) is 0 Å². The molecular weight excluding hydrogens is 352 g/mol. The van der Waals surface area contributed by atoms with E-state index in [1.165, 1.54) is 6.20 Å². The van der Waals surface area contributed by atoms with E-state index in [0.29, 0.717) is 0 Å². The Bertz CT molecular complexity index is 1020. The van der Waals surface area contributed by atoms with Gasteiger partial charge in [-0.25, -0.2) is 14.4 Å². The van der Waals surface area contributed by atoms with Crippen LogP contribution in [0.4, 0.5) is 0 Å². The summed E-state index contributed by atoms with van der Waals surface area (Å²) in [6.07, 6.45) is -1.55. The topological polar surface area (TPSA) is 176 Å². The Balaban J connectivity index is 1.66. The number of hydrogen-bond donors (Lipinski definition) is 4. The number of esters is 1. The van der Waals surface area contributed by atoms with Gasteiger partial charge in [0.25, 0.3) is 11.1 Å². The van der Waals surface area contributed by atoms with Crippen LogP contribution in [0.3, 0.4) is 0 Å². The zero-order valence-electron chi connectivity index (χ0n) is 13.1. The van der Waals surface area contributed by atoms with Gasteiger partial charge in [0, 0.05) is 24.8 Å². The first-order valence-corrected chi connectivity index (χ1v) is 7.49. The van der Waals surface area contributed by atoms with Crippen molar-refractivity contribution >= 4 is 5.97 Å². The predicted octanol–water partition coefficient (Wildman–Crippen LogP) is -2.58. The average molecular weight is 366 g/mol. The molecule has 0 radical (unpaired) electrons. The molecule has 12 nitrogen and oxygen atoms in total. The van der Waals surface area contributed by atoms with Crippen molar-refractivity contribution in [3.05, 3.63) is 65.7 Å². The van der Waals surface area contributed by atoms with Crippen LogP contribution in [0.5, 0.6) is 0 Å². The zero-order valence-corrected chi connectivity index (χ0v) is 13.1. The number of aliphatic hydroxyl groups is 1. The molecule has 3 atom stereocenters. The molecule has 1 aliphatic heterocycles. The minimum Gasteiger partial charge on any atom is -0.458 e. The fourth-order valence-corrected chi connectivity index (χ4v) is 2.50. The summed E-state index contributed by atoms with van der Waals surface area (Å²) in [5.74, 6) is -0.978. The highest BCUT2D eigenvalue weighted by Crippen LogP contribution is 2.27.